The number of carbonyl (C=O) groups excluding carboxylic acids is 1. The monoisotopic (exact) mass is 480 g/mol. The highest BCUT2D eigenvalue weighted by molar-refractivity contribution is 7.99. The van der Waals surface area contributed by atoms with Crippen molar-refractivity contribution < 1.29 is 4.79 Å². The van der Waals surface area contributed by atoms with Gasteiger partial charge in [0.25, 0.3) is 0 Å². The number of nitrogens with two attached hydrogens (primary N) is 2. The Morgan fingerprint density at radius 1 is 1.24 bits per heavy atom. The lowest BCUT2D eigenvalue weighted by atomic mass is 10.0. The molecule has 1 unspecified atom stereocenters. The molecule has 2 atom stereocenters. The number of rotatable bonds is 5. The summed E-state index contributed by atoms with van der Waals surface area (Å²) in [7, 11) is 0. The molecule has 1 aliphatic rings. The van der Waals surface area contributed by atoms with E-state index in [0.29, 0.717) is 15.7 Å². The van der Waals surface area contributed by atoms with Crippen molar-refractivity contribution in [2.75, 3.05) is 0 Å². The Labute approximate surface area is 200 Å². The van der Waals surface area contributed by atoms with E-state index in [0.717, 1.165) is 69.6 Å². The second kappa shape index (κ2) is 8.59. The van der Waals surface area contributed by atoms with E-state index >= 15 is 0 Å². The molecule has 0 radical (unpaired) electrons. The normalized spacial score (nSPS) is 18.4. The third-order valence-electron chi connectivity index (χ3n) is 6.27. The first-order chi connectivity index (χ1) is 15.8. The Morgan fingerprint density at radius 3 is 2.76 bits per heavy atom. The van der Waals surface area contributed by atoms with Crippen LogP contribution in [0.4, 0.5) is 0 Å². The van der Waals surface area contributed by atoms with Crippen molar-refractivity contribution in [3.05, 3.63) is 51.9 Å². The molecule has 0 saturated heterocycles. The Kier molecular flexibility index (Phi) is 5.76. The van der Waals surface area contributed by atoms with Gasteiger partial charge in [0.2, 0.25) is 5.91 Å². The number of pyridine rings is 1. The molecular weight excluding hydrogens is 456 g/mol. The maximum atomic E-state index is 12.0. The van der Waals surface area contributed by atoms with E-state index in [4.69, 9.17) is 33.0 Å². The first-order valence-corrected chi connectivity index (χ1v) is 12.3. The van der Waals surface area contributed by atoms with E-state index in [-0.39, 0.29) is 12.0 Å². The predicted octanol–water partition coefficient (Wildman–Crippen LogP) is 4.88. The molecule has 170 valence electrons. The van der Waals surface area contributed by atoms with E-state index in [2.05, 4.69) is 16.9 Å². The number of primary amides is 1. The van der Waals surface area contributed by atoms with Crippen LogP contribution in [0.25, 0.3) is 21.9 Å². The van der Waals surface area contributed by atoms with Gasteiger partial charge < -0.3 is 16.5 Å². The number of H-pyrrole nitrogens is 1. The zero-order valence-electron chi connectivity index (χ0n) is 18.5. The molecule has 5 rings (SSSR count). The quantitative estimate of drug-likeness (QED) is 0.350. The lowest BCUT2D eigenvalue weighted by Gasteiger charge is -2.13. The SMILES string of the molecule is CCc1[nH]c2nc(Sc3ccc4nc(C)cc(C(N)=O)c4c3)nc(C3CC[C@@H](N)C3)c2c1Cl. The van der Waals surface area contributed by atoms with Gasteiger partial charge in [-0.3, -0.25) is 9.78 Å². The summed E-state index contributed by atoms with van der Waals surface area (Å²) in [6.07, 6.45) is 3.65. The van der Waals surface area contributed by atoms with Crippen molar-refractivity contribution in [2.45, 2.75) is 61.5 Å². The van der Waals surface area contributed by atoms with Crippen molar-refractivity contribution in [3.63, 3.8) is 0 Å². The maximum absolute atomic E-state index is 12.0. The standard InChI is InChI=1S/C24H25ClN6OS/c1-3-17-20(25)19-21(12-4-5-13(26)9-12)30-24(31-23(19)29-17)33-14-6-7-18-15(10-14)16(22(27)32)8-11(2)28-18/h6-8,10,12-13H,3-5,9,26H2,1-2H3,(H2,27,32)(H,29,30,31)/t12?,13-/m1/s1. The molecule has 3 aromatic heterocycles. The van der Waals surface area contributed by atoms with E-state index in [1.165, 1.54) is 11.8 Å². The summed E-state index contributed by atoms with van der Waals surface area (Å²) < 4.78 is 0. The van der Waals surface area contributed by atoms with Crippen LogP contribution in [0.5, 0.6) is 0 Å². The van der Waals surface area contributed by atoms with Crippen LogP contribution >= 0.6 is 23.4 Å². The number of fused-ring (bicyclic) bond motifs is 2. The van der Waals surface area contributed by atoms with Crippen LogP contribution < -0.4 is 11.5 Å². The van der Waals surface area contributed by atoms with Crippen molar-refractivity contribution in [2.24, 2.45) is 11.5 Å². The Bertz CT molecular complexity index is 1400. The summed E-state index contributed by atoms with van der Waals surface area (Å²) in [6.45, 7) is 3.91. The summed E-state index contributed by atoms with van der Waals surface area (Å²) in [5, 5.41) is 2.96. The fourth-order valence-electron chi connectivity index (χ4n) is 4.67. The van der Waals surface area contributed by atoms with Gasteiger partial charge in [0, 0.05) is 33.6 Å². The largest absolute Gasteiger partial charge is 0.366 e. The topological polar surface area (TPSA) is 124 Å². The minimum atomic E-state index is -0.474. The minimum absolute atomic E-state index is 0.183. The van der Waals surface area contributed by atoms with Crippen LogP contribution in [-0.2, 0) is 6.42 Å². The van der Waals surface area contributed by atoms with Crippen molar-refractivity contribution in [1.82, 2.24) is 19.9 Å². The summed E-state index contributed by atoms with van der Waals surface area (Å²) in [5.74, 6) is -0.216. The smallest absolute Gasteiger partial charge is 0.249 e. The number of halogens is 1. The van der Waals surface area contributed by atoms with Crippen LogP contribution in [0.1, 0.15) is 59.5 Å². The highest BCUT2D eigenvalue weighted by Crippen LogP contribution is 2.41. The second-order valence-corrected chi connectivity index (χ2v) is 10.0. The van der Waals surface area contributed by atoms with Gasteiger partial charge in [0.15, 0.2) is 5.16 Å². The molecular formula is C24H25ClN6OS. The molecule has 1 aliphatic carbocycles. The summed E-state index contributed by atoms with van der Waals surface area (Å²) in [4.78, 5) is 30.5. The van der Waals surface area contributed by atoms with E-state index in [1.807, 2.05) is 25.1 Å². The number of amides is 1. The van der Waals surface area contributed by atoms with Crippen LogP contribution in [0.15, 0.2) is 34.3 Å². The first-order valence-electron chi connectivity index (χ1n) is 11.1. The Morgan fingerprint density at radius 2 is 2.06 bits per heavy atom. The number of nitrogens with one attached hydrogen (secondary N) is 1. The molecule has 0 spiro atoms. The molecule has 33 heavy (non-hydrogen) atoms. The third-order valence-corrected chi connectivity index (χ3v) is 7.54. The van der Waals surface area contributed by atoms with Gasteiger partial charge in [-0.05, 0) is 68.6 Å². The molecule has 0 aliphatic heterocycles. The average Bonchev–Trinajstić information content (AvgIpc) is 3.35. The number of aryl methyl sites for hydroxylation is 2. The van der Waals surface area contributed by atoms with Crippen LogP contribution in [0.3, 0.4) is 0 Å². The fourth-order valence-corrected chi connectivity index (χ4v) is 5.84. The molecule has 4 aromatic rings. The van der Waals surface area contributed by atoms with E-state index in [1.54, 1.807) is 6.07 Å². The number of benzene rings is 1. The molecule has 1 fully saturated rings. The van der Waals surface area contributed by atoms with E-state index in [9.17, 15) is 4.79 Å². The summed E-state index contributed by atoms with van der Waals surface area (Å²) in [5.41, 5.74) is 16.4. The molecule has 1 amide bonds. The average molecular weight is 481 g/mol. The molecule has 7 nitrogen and oxygen atoms in total. The lowest BCUT2D eigenvalue weighted by molar-refractivity contribution is 0.100. The number of carbonyl (C=O) groups is 1. The van der Waals surface area contributed by atoms with Gasteiger partial charge in [0.05, 0.1) is 27.2 Å². The number of aromatic nitrogens is 4. The van der Waals surface area contributed by atoms with Crippen molar-refractivity contribution in [1.29, 1.82) is 0 Å². The molecule has 1 aromatic carbocycles. The van der Waals surface area contributed by atoms with Gasteiger partial charge in [-0.1, -0.05) is 18.5 Å². The molecule has 9 heteroatoms. The molecule has 1 saturated carbocycles. The number of aromatic amines is 1. The van der Waals surface area contributed by atoms with Crippen molar-refractivity contribution >= 4 is 51.2 Å². The third kappa shape index (κ3) is 4.07. The van der Waals surface area contributed by atoms with Crippen molar-refractivity contribution in [3.8, 4) is 0 Å². The molecule has 5 N–H and O–H groups in total. The number of hydrogen-bond donors (Lipinski definition) is 3. The van der Waals surface area contributed by atoms with Crippen LogP contribution in [-0.4, -0.2) is 31.9 Å². The van der Waals surface area contributed by atoms with E-state index < -0.39 is 5.91 Å². The number of hydrogen-bond acceptors (Lipinski definition) is 6. The first kappa shape index (κ1) is 22.1. The fraction of sp³-hybridized carbons (Fsp3) is 0.333. The van der Waals surface area contributed by atoms with Gasteiger partial charge in [-0.2, -0.15) is 0 Å². The highest BCUT2D eigenvalue weighted by Gasteiger charge is 2.29. The van der Waals surface area contributed by atoms with Gasteiger partial charge in [-0.15, -0.1) is 0 Å². The lowest BCUT2D eigenvalue weighted by Crippen LogP contribution is -2.14. The molecule has 0 bridgehead atoms. The van der Waals surface area contributed by atoms with Crippen LogP contribution in [0, 0.1) is 6.92 Å². The predicted molar refractivity (Wildman–Crippen MR) is 132 cm³/mol. The van der Waals surface area contributed by atoms with Gasteiger partial charge >= 0.3 is 0 Å². The summed E-state index contributed by atoms with van der Waals surface area (Å²) >= 11 is 8.16. The van der Waals surface area contributed by atoms with Gasteiger partial charge in [-0.25, -0.2) is 9.97 Å². The van der Waals surface area contributed by atoms with Crippen LogP contribution in [0.2, 0.25) is 5.02 Å². The molecule has 3 heterocycles. The summed E-state index contributed by atoms with van der Waals surface area (Å²) in [6, 6.07) is 7.68. The number of nitrogens with zero attached hydrogens (tertiary/aromatic N) is 3. The Hall–Kier alpha value is -2.68. The second-order valence-electron chi connectivity index (χ2n) is 8.61. The zero-order valence-corrected chi connectivity index (χ0v) is 20.1. The maximum Gasteiger partial charge on any atom is 0.249 e. The highest BCUT2D eigenvalue weighted by atomic mass is 35.5. The zero-order chi connectivity index (χ0) is 23.3. The van der Waals surface area contributed by atoms with Gasteiger partial charge in [0.1, 0.15) is 5.65 Å². The minimum Gasteiger partial charge on any atom is -0.366 e. The Balaban J connectivity index is 1.60.